The summed E-state index contributed by atoms with van der Waals surface area (Å²) < 4.78 is 0. The quantitative estimate of drug-likeness (QED) is 0.819. The summed E-state index contributed by atoms with van der Waals surface area (Å²) in [7, 11) is 0. The van der Waals surface area contributed by atoms with Gasteiger partial charge in [-0.15, -0.1) is 0 Å². The van der Waals surface area contributed by atoms with Gasteiger partial charge in [0.1, 0.15) is 0 Å². The molecule has 1 aromatic carbocycles. The molecule has 0 saturated heterocycles. The largest absolute Gasteiger partial charge is 0.550 e. The maximum absolute atomic E-state index is 11.4. The van der Waals surface area contributed by atoms with Crippen molar-refractivity contribution in [2.24, 2.45) is 17.3 Å². The summed E-state index contributed by atoms with van der Waals surface area (Å²) in [5.41, 5.74) is 3.62. The van der Waals surface area contributed by atoms with Crippen molar-refractivity contribution >= 4 is 5.97 Å². The highest BCUT2D eigenvalue weighted by atomic mass is 16.4. The molecule has 2 nitrogen and oxygen atoms in total. The molecule has 104 valence electrons. The van der Waals surface area contributed by atoms with Crippen LogP contribution in [-0.2, 0) is 4.79 Å². The average Bonchev–Trinajstić information content (AvgIpc) is 2.52. The van der Waals surface area contributed by atoms with Crippen LogP contribution in [0.3, 0.4) is 0 Å². The molecule has 2 heteroatoms. The van der Waals surface area contributed by atoms with Crippen LogP contribution in [0.25, 0.3) is 0 Å². The van der Waals surface area contributed by atoms with E-state index in [9.17, 15) is 9.90 Å². The molecule has 0 amide bonds. The second kappa shape index (κ2) is 4.66. The molecule has 0 unspecified atom stereocenters. The van der Waals surface area contributed by atoms with Gasteiger partial charge in [-0.05, 0) is 48.6 Å². The van der Waals surface area contributed by atoms with Gasteiger partial charge >= 0.3 is 0 Å². The van der Waals surface area contributed by atoms with Crippen molar-refractivity contribution in [2.75, 3.05) is 0 Å². The second-order valence-corrected chi connectivity index (χ2v) is 6.68. The van der Waals surface area contributed by atoms with Gasteiger partial charge in [-0.25, -0.2) is 0 Å². The van der Waals surface area contributed by atoms with Crippen LogP contribution in [0.4, 0.5) is 0 Å². The van der Waals surface area contributed by atoms with E-state index in [0.717, 1.165) is 0 Å². The van der Waals surface area contributed by atoms with Crippen molar-refractivity contribution in [1.82, 2.24) is 0 Å². The first-order valence-electron chi connectivity index (χ1n) is 7.03. The zero-order valence-electron chi connectivity index (χ0n) is 12.5. The molecule has 0 heterocycles. The number of carboxylic acid groups (broad SMARTS) is 1. The molecule has 2 rings (SSSR count). The highest BCUT2D eigenvalue weighted by Gasteiger charge is 2.47. The number of hydrogen-bond donors (Lipinski definition) is 0. The predicted octanol–water partition coefficient (Wildman–Crippen LogP) is 2.82. The molecule has 1 saturated carbocycles. The van der Waals surface area contributed by atoms with Crippen LogP contribution in [-0.4, -0.2) is 5.97 Å². The van der Waals surface area contributed by atoms with Crippen LogP contribution < -0.4 is 5.11 Å². The van der Waals surface area contributed by atoms with Crippen LogP contribution in [0.15, 0.2) is 18.2 Å². The van der Waals surface area contributed by atoms with Gasteiger partial charge in [0.05, 0.1) is 0 Å². The molecule has 0 aliphatic heterocycles. The molecule has 1 aromatic rings. The molecular formula is C17H23O2-. The number of carboxylic acids is 1. The maximum Gasteiger partial charge on any atom is 0.0450 e. The minimum Gasteiger partial charge on any atom is -0.550 e. The summed E-state index contributed by atoms with van der Waals surface area (Å²) in [6.45, 7) is 10.5. The summed E-state index contributed by atoms with van der Waals surface area (Å²) >= 11 is 0. The zero-order chi connectivity index (χ0) is 14.4. The fraction of sp³-hybridized carbons (Fsp3) is 0.588. The van der Waals surface area contributed by atoms with Gasteiger partial charge in [0.25, 0.3) is 0 Å². The van der Waals surface area contributed by atoms with Crippen LogP contribution in [0.2, 0.25) is 0 Å². The molecule has 1 aliphatic rings. The third kappa shape index (κ3) is 2.29. The normalized spacial score (nSPS) is 29.4. The number of carbonyl (C=O) groups is 1. The summed E-state index contributed by atoms with van der Waals surface area (Å²) in [6.07, 6.45) is 0.695. The Balaban J connectivity index is 2.39. The lowest BCUT2D eigenvalue weighted by molar-refractivity contribution is -0.314. The number of carbonyl (C=O) groups excluding carboxylic acids is 1. The van der Waals surface area contributed by atoms with Gasteiger partial charge in [-0.2, -0.15) is 0 Å². The molecule has 1 aliphatic carbocycles. The van der Waals surface area contributed by atoms with E-state index in [-0.39, 0.29) is 11.3 Å². The van der Waals surface area contributed by atoms with Gasteiger partial charge in [-0.3, -0.25) is 0 Å². The van der Waals surface area contributed by atoms with E-state index in [1.807, 2.05) is 0 Å². The van der Waals surface area contributed by atoms with Crippen LogP contribution in [0.5, 0.6) is 0 Å². The van der Waals surface area contributed by atoms with E-state index in [0.29, 0.717) is 18.3 Å². The van der Waals surface area contributed by atoms with Gasteiger partial charge in [0.2, 0.25) is 0 Å². The SMILES string of the molecule is Cc1ccc([C@@H]2C[C@H](C(=O)[O-])C(C)(C)[C@H]2C)c(C)c1. The van der Waals surface area contributed by atoms with Crippen LogP contribution in [0.1, 0.15) is 49.8 Å². The Kier molecular flexibility index (Phi) is 3.46. The Hall–Kier alpha value is -1.31. The summed E-state index contributed by atoms with van der Waals surface area (Å²) in [6, 6.07) is 6.47. The zero-order valence-corrected chi connectivity index (χ0v) is 12.5. The molecule has 1 fully saturated rings. The van der Waals surface area contributed by atoms with E-state index in [1.165, 1.54) is 16.7 Å². The first kappa shape index (κ1) is 14.1. The molecular weight excluding hydrogens is 236 g/mol. The molecule has 19 heavy (non-hydrogen) atoms. The Morgan fingerprint density at radius 3 is 2.42 bits per heavy atom. The van der Waals surface area contributed by atoms with Crippen molar-refractivity contribution in [3.63, 3.8) is 0 Å². The third-order valence-electron chi connectivity index (χ3n) is 5.27. The van der Waals surface area contributed by atoms with Gasteiger partial charge in [-0.1, -0.05) is 44.5 Å². The Morgan fingerprint density at radius 2 is 1.95 bits per heavy atom. The second-order valence-electron chi connectivity index (χ2n) is 6.68. The van der Waals surface area contributed by atoms with Crippen LogP contribution >= 0.6 is 0 Å². The first-order valence-corrected chi connectivity index (χ1v) is 7.03. The third-order valence-corrected chi connectivity index (χ3v) is 5.27. The van der Waals surface area contributed by atoms with E-state index < -0.39 is 5.97 Å². The van der Waals surface area contributed by atoms with Crippen molar-refractivity contribution < 1.29 is 9.90 Å². The number of aliphatic carboxylic acids is 1. The molecule has 0 radical (unpaired) electrons. The monoisotopic (exact) mass is 259 g/mol. The Morgan fingerprint density at radius 1 is 1.32 bits per heavy atom. The van der Waals surface area contributed by atoms with E-state index in [4.69, 9.17) is 0 Å². The molecule has 3 atom stereocenters. The number of benzene rings is 1. The van der Waals surface area contributed by atoms with Crippen molar-refractivity contribution in [2.45, 2.75) is 47.0 Å². The van der Waals surface area contributed by atoms with E-state index in [1.54, 1.807) is 0 Å². The number of hydrogen-bond acceptors (Lipinski definition) is 2. The van der Waals surface area contributed by atoms with E-state index >= 15 is 0 Å². The Bertz CT molecular complexity index is 502. The molecule has 0 N–H and O–H groups in total. The average molecular weight is 259 g/mol. The van der Waals surface area contributed by atoms with Gasteiger partial charge in [0.15, 0.2) is 0 Å². The highest BCUT2D eigenvalue weighted by Crippen LogP contribution is 2.54. The molecule has 0 bridgehead atoms. The van der Waals surface area contributed by atoms with E-state index in [2.05, 4.69) is 52.8 Å². The first-order chi connectivity index (χ1) is 8.75. The minimum absolute atomic E-state index is 0.208. The Labute approximate surface area is 115 Å². The number of aryl methyl sites for hydroxylation is 2. The highest BCUT2D eigenvalue weighted by molar-refractivity contribution is 5.69. The summed E-state index contributed by atoms with van der Waals surface area (Å²) in [5, 5.41) is 11.4. The summed E-state index contributed by atoms with van der Waals surface area (Å²) in [4.78, 5) is 11.4. The standard InChI is InChI=1S/C17H24O2/c1-10-6-7-13(11(2)8-10)14-9-15(16(18)19)17(4,5)12(14)3/h6-8,12,14-15H,9H2,1-5H3,(H,18,19)/p-1/t12-,14+,15+/m0/s1. The predicted molar refractivity (Wildman–Crippen MR) is 74.7 cm³/mol. The fourth-order valence-corrected chi connectivity index (χ4v) is 3.64. The molecule has 0 aromatic heterocycles. The topological polar surface area (TPSA) is 40.1 Å². The summed E-state index contributed by atoms with van der Waals surface area (Å²) in [5.74, 6) is -0.590. The number of rotatable bonds is 2. The lowest BCUT2D eigenvalue weighted by Gasteiger charge is -2.32. The van der Waals surface area contributed by atoms with Crippen LogP contribution in [0, 0.1) is 31.1 Å². The smallest absolute Gasteiger partial charge is 0.0450 e. The van der Waals surface area contributed by atoms with Crippen molar-refractivity contribution in [1.29, 1.82) is 0 Å². The lowest BCUT2D eigenvalue weighted by Crippen LogP contribution is -2.38. The van der Waals surface area contributed by atoms with Crippen molar-refractivity contribution in [3.8, 4) is 0 Å². The molecule has 0 spiro atoms. The fourth-order valence-electron chi connectivity index (χ4n) is 3.64. The maximum atomic E-state index is 11.4. The lowest BCUT2D eigenvalue weighted by atomic mass is 9.74. The van der Waals surface area contributed by atoms with Crippen molar-refractivity contribution in [3.05, 3.63) is 34.9 Å². The van der Waals surface area contributed by atoms with Gasteiger partial charge < -0.3 is 9.90 Å². The minimum atomic E-state index is -0.899. The van der Waals surface area contributed by atoms with Gasteiger partial charge in [0, 0.05) is 11.9 Å².